The zero-order valence-electron chi connectivity index (χ0n) is 18.2. The predicted octanol–water partition coefficient (Wildman–Crippen LogP) is 5.23. The predicted molar refractivity (Wildman–Crippen MR) is 125 cm³/mol. The van der Waals surface area contributed by atoms with Gasteiger partial charge in [0.05, 0.1) is 10.9 Å². The van der Waals surface area contributed by atoms with Crippen molar-refractivity contribution in [1.29, 1.82) is 0 Å². The second kappa shape index (κ2) is 9.35. The summed E-state index contributed by atoms with van der Waals surface area (Å²) < 4.78 is 27.9. The van der Waals surface area contributed by atoms with Gasteiger partial charge in [-0.3, -0.25) is 9.52 Å². The molecule has 1 atom stereocenters. The van der Waals surface area contributed by atoms with Crippen molar-refractivity contribution in [3.63, 3.8) is 0 Å². The molecule has 0 fully saturated rings. The Morgan fingerprint density at radius 2 is 1.55 bits per heavy atom. The molecule has 3 aromatic carbocycles. The summed E-state index contributed by atoms with van der Waals surface area (Å²) in [6.07, 6.45) is 0. The van der Waals surface area contributed by atoms with Gasteiger partial charge in [0.25, 0.3) is 15.9 Å². The molecular weight excluding hydrogens is 408 g/mol. The average Bonchev–Trinajstić information content (AvgIpc) is 2.72. The Balaban J connectivity index is 1.81. The largest absolute Gasteiger partial charge is 0.345 e. The third-order valence-electron chi connectivity index (χ3n) is 5.19. The number of rotatable bonds is 7. The van der Waals surface area contributed by atoms with Crippen molar-refractivity contribution in [2.24, 2.45) is 5.92 Å². The molecule has 1 amide bonds. The molecule has 0 aliphatic heterocycles. The Bertz CT molecular complexity index is 1170. The van der Waals surface area contributed by atoms with Crippen LogP contribution in [0.4, 0.5) is 5.69 Å². The molecule has 0 aliphatic carbocycles. The number of carbonyl (C=O) groups is 1. The lowest BCUT2D eigenvalue weighted by Gasteiger charge is -2.24. The van der Waals surface area contributed by atoms with Crippen molar-refractivity contribution in [2.45, 2.75) is 38.6 Å². The maximum absolute atomic E-state index is 13.0. The molecule has 0 heterocycles. The monoisotopic (exact) mass is 436 g/mol. The first-order valence-electron chi connectivity index (χ1n) is 10.2. The van der Waals surface area contributed by atoms with Crippen molar-refractivity contribution in [2.75, 3.05) is 4.72 Å². The van der Waals surface area contributed by atoms with Gasteiger partial charge >= 0.3 is 0 Å². The fourth-order valence-corrected chi connectivity index (χ4v) is 4.47. The Kier molecular flexibility index (Phi) is 6.81. The Morgan fingerprint density at radius 1 is 0.871 bits per heavy atom. The summed E-state index contributed by atoms with van der Waals surface area (Å²) in [5, 5.41) is 3.10. The van der Waals surface area contributed by atoms with Crippen molar-refractivity contribution in [1.82, 2.24) is 5.32 Å². The summed E-state index contributed by atoms with van der Waals surface area (Å²) in [5.41, 5.74) is 3.89. The third kappa shape index (κ3) is 5.52. The van der Waals surface area contributed by atoms with Crippen molar-refractivity contribution in [3.8, 4) is 0 Å². The number of hydrogen-bond donors (Lipinski definition) is 2. The topological polar surface area (TPSA) is 75.3 Å². The van der Waals surface area contributed by atoms with E-state index < -0.39 is 10.0 Å². The standard InChI is InChI=1S/C25H28N2O3S/c1-17(2)24(23-11-6-5-8-19(23)4)26-25(28)20-9-7-10-21(16-20)27-31(29,30)22-14-12-18(3)13-15-22/h5-17,24,27H,1-4H3,(H,26,28). The van der Waals surface area contributed by atoms with Gasteiger partial charge < -0.3 is 5.32 Å². The van der Waals surface area contributed by atoms with Gasteiger partial charge in [-0.15, -0.1) is 0 Å². The molecule has 3 rings (SSSR count). The minimum absolute atomic E-state index is 0.151. The molecule has 0 saturated carbocycles. The molecule has 0 aliphatic rings. The lowest BCUT2D eigenvalue weighted by molar-refractivity contribution is 0.0925. The fraction of sp³-hybridized carbons (Fsp3) is 0.240. The van der Waals surface area contributed by atoms with Crippen LogP contribution in [0.5, 0.6) is 0 Å². The van der Waals surface area contributed by atoms with Gasteiger partial charge in [0, 0.05) is 11.3 Å². The van der Waals surface area contributed by atoms with Gasteiger partial charge in [-0.05, 0) is 61.2 Å². The Hall–Kier alpha value is -3.12. The summed E-state index contributed by atoms with van der Waals surface area (Å²) >= 11 is 0. The molecule has 0 saturated heterocycles. The van der Waals surface area contributed by atoms with Crippen LogP contribution in [0.25, 0.3) is 0 Å². The van der Waals surface area contributed by atoms with Gasteiger partial charge in [0.15, 0.2) is 0 Å². The van der Waals surface area contributed by atoms with Crippen molar-refractivity contribution < 1.29 is 13.2 Å². The molecule has 3 aromatic rings. The average molecular weight is 437 g/mol. The molecule has 2 N–H and O–H groups in total. The van der Waals surface area contributed by atoms with Crippen LogP contribution in [0.3, 0.4) is 0 Å². The highest BCUT2D eigenvalue weighted by Gasteiger charge is 2.21. The number of carbonyl (C=O) groups excluding carboxylic acids is 1. The van der Waals surface area contributed by atoms with Crippen LogP contribution in [0.15, 0.2) is 77.7 Å². The maximum Gasteiger partial charge on any atom is 0.261 e. The lowest BCUT2D eigenvalue weighted by Crippen LogP contribution is -2.32. The van der Waals surface area contributed by atoms with Gasteiger partial charge in [0.1, 0.15) is 0 Å². The first-order chi connectivity index (χ1) is 14.7. The number of hydrogen-bond acceptors (Lipinski definition) is 3. The van der Waals surface area contributed by atoms with E-state index in [0.717, 1.165) is 16.7 Å². The molecule has 5 nitrogen and oxygen atoms in total. The smallest absolute Gasteiger partial charge is 0.261 e. The molecular formula is C25H28N2O3S. The first kappa shape index (κ1) is 22.6. The quantitative estimate of drug-likeness (QED) is 0.532. The van der Waals surface area contributed by atoms with E-state index in [1.165, 1.54) is 0 Å². The van der Waals surface area contributed by atoms with Crippen molar-refractivity contribution >= 4 is 21.6 Å². The van der Waals surface area contributed by atoms with Gasteiger partial charge in [0.2, 0.25) is 0 Å². The molecule has 31 heavy (non-hydrogen) atoms. The lowest BCUT2D eigenvalue weighted by atomic mass is 9.92. The summed E-state index contributed by atoms with van der Waals surface area (Å²) in [7, 11) is -3.74. The van der Waals surface area contributed by atoms with Crippen LogP contribution < -0.4 is 10.0 Å². The van der Waals surface area contributed by atoms with E-state index in [0.29, 0.717) is 11.3 Å². The number of anilines is 1. The van der Waals surface area contributed by atoms with Gasteiger partial charge in [-0.2, -0.15) is 0 Å². The van der Waals surface area contributed by atoms with E-state index in [-0.39, 0.29) is 22.8 Å². The van der Waals surface area contributed by atoms with E-state index in [1.807, 2.05) is 38.1 Å². The fourth-order valence-electron chi connectivity index (χ4n) is 3.42. The zero-order valence-corrected chi connectivity index (χ0v) is 19.0. The number of nitrogens with one attached hydrogen (secondary N) is 2. The number of sulfonamides is 1. The highest BCUT2D eigenvalue weighted by molar-refractivity contribution is 7.92. The zero-order chi connectivity index (χ0) is 22.6. The number of benzene rings is 3. The Labute approximate surface area is 184 Å². The minimum Gasteiger partial charge on any atom is -0.345 e. The van der Waals surface area contributed by atoms with Crippen LogP contribution in [-0.2, 0) is 10.0 Å². The summed E-state index contributed by atoms with van der Waals surface area (Å²) in [6.45, 7) is 8.04. The van der Waals surface area contributed by atoms with E-state index in [4.69, 9.17) is 0 Å². The molecule has 0 radical (unpaired) electrons. The summed E-state index contributed by atoms with van der Waals surface area (Å²) in [6, 6.07) is 21.0. The highest BCUT2D eigenvalue weighted by Crippen LogP contribution is 2.25. The van der Waals surface area contributed by atoms with Crippen LogP contribution in [0.2, 0.25) is 0 Å². The third-order valence-corrected chi connectivity index (χ3v) is 6.58. The number of aryl methyl sites for hydroxylation is 2. The second-order valence-electron chi connectivity index (χ2n) is 8.05. The Morgan fingerprint density at radius 3 is 2.19 bits per heavy atom. The van der Waals surface area contributed by atoms with Gasteiger partial charge in [-0.25, -0.2) is 8.42 Å². The van der Waals surface area contributed by atoms with E-state index >= 15 is 0 Å². The molecule has 1 unspecified atom stereocenters. The van der Waals surface area contributed by atoms with E-state index in [9.17, 15) is 13.2 Å². The normalized spacial score (nSPS) is 12.4. The first-order valence-corrected chi connectivity index (χ1v) is 11.7. The second-order valence-corrected chi connectivity index (χ2v) is 9.73. The minimum atomic E-state index is -3.74. The van der Waals surface area contributed by atoms with E-state index in [1.54, 1.807) is 48.5 Å². The maximum atomic E-state index is 13.0. The van der Waals surface area contributed by atoms with E-state index in [2.05, 4.69) is 23.9 Å². The van der Waals surface area contributed by atoms with Crippen LogP contribution in [0, 0.1) is 19.8 Å². The SMILES string of the molecule is Cc1ccc(S(=O)(=O)Nc2cccc(C(=O)NC(c3ccccc3C)C(C)C)c2)cc1. The molecule has 0 spiro atoms. The molecule has 0 aromatic heterocycles. The molecule has 0 bridgehead atoms. The van der Waals surface area contributed by atoms with Crippen molar-refractivity contribution in [3.05, 3.63) is 95.1 Å². The highest BCUT2D eigenvalue weighted by atomic mass is 32.2. The molecule has 162 valence electrons. The summed E-state index contributed by atoms with van der Waals surface area (Å²) in [5.74, 6) is -0.0633. The summed E-state index contributed by atoms with van der Waals surface area (Å²) in [4.78, 5) is 13.2. The van der Waals surface area contributed by atoms with Crippen LogP contribution >= 0.6 is 0 Å². The molecule has 6 heteroatoms. The van der Waals surface area contributed by atoms with Crippen LogP contribution in [0.1, 0.15) is 46.9 Å². The number of amides is 1. The van der Waals surface area contributed by atoms with Gasteiger partial charge in [-0.1, -0.05) is 61.9 Å². The van der Waals surface area contributed by atoms with Crippen LogP contribution in [-0.4, -0.2) is 14.3 Å².